The fourth-order valence-corrected chi connectivity index (χ4v) is 4.31. The molecule has 0 radical (unpaired) electrons. The topological polar surface area (TPSA) is 148 Å². The van der Waals surface area contributed by atoms with Gasteiger partial charge < -0.3 is 30.2 Å². The molecule has 10 nitrogen and oxygen atoms in total. The minimum Gasteiger partial charge on any atom is -0.496 e. The number of ether oxygens (including phenoxy) is 2. The first-order chi connectivity index (χ1) is 16.8. The van der Waals surface area contributed by atoms with E-state index in [0.29, 0.717) is 37.6 Å². The van der Waals surface area contributed by atoms with E-state index < -0.39 is 30.0 Å². The second-order valence-corrected chi connectivity index (χ2v) is 9.35. The number of nitrogens with one attached hydrogen (secondary N) is 4. The predicted octanol–water partition coefficient (Wildman–Crippen LogP) is 1.66. The largest absolute Gasteiger partial charge is 0.496 e. The molecule has 1 fully saturated rings. The molecule has 0 bridgehead atoms. The van der Waals surface area contributed by atoms with Gasteiger partial charge in [0.05, 0.1) is 32.6 Å². The zero-order chi connectivity index (χ0) is 25.4. The van der Waals surface area contributed by atoms with Crippen molar-refractivity contribution in [3.63, 3.8) is 0 Å². The van der Waals surface area contributed by atoms with Crippen LogP contribution in [-0.4, -0.2) is 67.1 Å². The van der Waals surface area contributed by atoms with Crippen molar-refractivity contribution < 1.29 is 24.2 Å². The molecule has 4 atom stereocenters. The van der Waals surface area contributed by atoms with Crippen LogP contribution in [0.15, 0.2) is 24.3 Å². The smallest absolute Gasteiger partial charge is 0.268 e. The highest BCUT2D eigenvalue weighted by molar-refractivity contribution is 6.01. The van der Waals surface area contributed by atoms with E-state index in [1.807, 2.05) is 38.1 Å². The van der Waals surface area contributed by atoms with Gasteiger partial charge in [-0.05, 0) is 55.8 Å². The Morgan fingerprint density at radius 3 is 2.86 bits per heavy atom. The molecular weight excluding hydrogens is 450 g/mol. The zero-order valence-electron chi connectivity index (χ0n) is 20.5. The molecule has 1 aromatic heterocycles. The molecule has 0 saturated carbocycles. The van der Waals surface area contributed by atoms with Crippen LogP contribution in [0.25, 0.3) is 10.9 Å². The van der Waals surface area contributed by atoms with Gasteiger partial charge in [-0.25, -0.2) is 0 Å². The van der Waals surface area contributed by atoms with Crippen LogP contribution in [0.4, 0.5) is 0 Å². The van der Waals surface area contributed by atoms with Crippen molar-refractivity contribution in [3.05, 3.63) is 30.0 Å². The standard InChI is InChI=1S/C25H35N5O5/c1-15(2)9-20(30-25(33)21-11-17-18(28-21)5-4-6-23(17)34-3)24(32)29-19(22(31)12-26)10-16-7-8-27-14-35-13-16/h4-6,11,15-16,19-20,22,27-28,31H,7-10,13-14H2,1-3H3,(H,29,32)(H,30,33)/t16-,19-,20-,22?/m0/s1. The Balaban J connectivity index is 1.73. The van der Waals surface area contributed by atoms with Gasteiger partial charge in [0.2, 0.25) is 5.91 Å². The minimum atomic E-state index is -1.37. The van der Waals surface area contributed by atoms with E-state index in [1.54, 1.807) is 13.2 Å². The molecule has 2 heterocycles. The normalized spacial score (nSPS) is 18.8. The number of hydrogen-bond acceptors (Lipinski definition) is 7. The number of benzene rings is 1. The maximum atomic E-state index is 13.2. The number of rotatable bonds is 10. The predicted molar refractivity (Wildman–Crippen MR) is 131 cm³/mol. The summed E-state index contributed by atoms with van der Waals surface area (Å²) >= 11 is 0. The van der Waals surface area contributed by atoms with E-state index in [9.17, 15) is 20.0 Å². The number of aliphatic hydroxyl groups is 1. The first-order valence-corrected chi connectivity index (χ1v) is 12.0. The molecule has 190 valence electrons. The van der Waals surface area contributed by atoms with Crippen LogP contribution < -0.4 is 20.7 Å². The number of carbonyl (C=O) groups excluding carboxylic acids is 2. The van der Waals surface area contributed by atoms with Gasteiger partial charge in [0.25, 0.3) is 5.91 Å². The number of aromatic amines is 1. The SMILES string of the molecule is COc1cccc2[nH]c(C(=O)N[C@@H](CC(C)C)C(=O)N[C@@H](C[C@@H]3CCNCOC3)C(O)C#N)cc12. The Morgan fingerprint density at radius 2 is 2.14 bits per heavy atom. The molecule has 1 aliphatic heterocycles. The summed E-state index contributed by atoms with van der Waals surface area (Å²) in [7, 11) is 1.56. The van der Waals surface area contributed by atoms with Crippen LogP contribution in [0, 0.1) is 23.2 Å². The van der Waals surface area contributed by atoms with E-state index >= 15 is 0 Å². The lowest BCUT2D eigenvalue weighted by Gasteiger charge is -2.27. The Hall–Kier alpha value is -3.13. The second kappa shape index (κ2) is 12.5. The number of amides is 2. The summed E-state index contributed by atoms with van der Waals surface area (Å²) in [5, 5.41) is 29.1. The number of H-pyrrole nitrogens is 1. The highest BCUT2D eigenvalue weighted by Crippen LogP contribution is 2.26. The Labute approximate surface area is 205 Å². The van der Waals surface area contributed by atoms with Gasteiger partial charge in [0.15, 0.2) is 6.10 Å². The summed E-state index contributed by atoms with van der Waals surface area (Å²) in [5.41, 5.74) is 1.06. The number of nitrogens with zero attached hydrogens (tertiary/aromatic N) is 1. The lowest BCUT2D eigenvalue weighted by atomic mass is 9.93. The van der Waals surface area contributed by atoms with Gasteiger partial charge in [0.1, 0.15) is 17.5 Å². The molecule has 1 aromatic carbocycles. The minimum absolute atomic E-state index is 0.0813. The van der Waals surface area contributed by atoms with Crippen molar-refractivity contribution in [2.45, 2.75) is 51.3 Å². The molecule has 5 N–H and O–H groups in total. The number of carbonyl (C=O) groups is 2. The van der Waals surface area contributed by atoms with E-state index in [2.05, 4.69) is 20.9 Å². The highest BCUT2D eigenvalue weighted by atomic mass is 16.5. The summed E-state index contributed by atoms with van der Waals surface area (Å²) < 4.78 is 10.9. The number of fused-ring (bicyclic) bond motifs is 1. The van der Waals surface area contributed by atoms with Crippen LogP contribution in [0.1, 0.15) is 43.6 Å². The fourth-order valence-electron chi connectivity index (χ4n) is 4.31. The van der Waals surface area contributed by atoms with Gasteiger partial charge in [-0.3, -0.25) is 14.9 Å². The average Bonchev–Trinajstić information content (AvgIpc) is 3.12. The molecule has 1 saturated heterocycles. The maximum Gasteiger partial charge on any atom is 0.268 e. The quantitative estimate of drug-likeness (QED) is 0.321. The maximum absolute atomic E-state index is 13.2. The second-order valence-electron chi connectivity index (χ2n) is 9.35. The lowest BCUT2D eigenvalue weighted by Crippen LogP contribution is -2.53. The van der Waals surface area contributed by atoms with Gasteiger partial charge in [-0.15, -0.1) is 0 Å². The number of aromatic nitrogens is 1. The summed E-state index contributed by atoms with van der Waals surface area (Å²) in [6.45, 7) is 5.61. The molecule has 2 aromatic rings. The lowest BCUT2D eigenvalue weighted by molar-refractivity contribution is -0.124. The van der Waals surface area contributed by atoms with Gasteiger partial charge >= 0.3 is 0 Å². The van der Waals surface area contributed by atoms with Crippen molar-refractivity contribution in [2.75, 3.05) is 27.0 Å². The van der Waals surface area contributed by atoms with Crippen molar-refractivity contribution in [3.8, 4) is 11.8 Å². The van der Waals surface area contributed by atoms with Crippen LogP contribution in [-0.2, 0) is 9.53 Å². The Bertz CT molecular complexity index is 1040. The molecule has 2 amide bonds. The van der Waals surface area contributed by atoms with Crippen LogP contribution >= 0.6 is 0 Å². The average molecular weight is 486 g/mol. The van der Waals surface area contributed by atoms with Crippen molar-refractivity contribution >= 4 is 22.7 Å². The summed E-state index contributed by atoms with van der Waals surface area (Å²) in [4.78, 5) is 29.4. The summed E-state index contributed by atoms with van der Waals surface area (Å²) in [6.07, 6.45) is 0.228. The van der Waals surface area contributed by atoms with E-state index in [-0.39, 0.29) is 11.8 Å². The number of hydrogen-bond donors (Lipinski definition) is 5. The molecule has 35 heavy (non-hydrogen) atoms. The third-order valence-corrected chi connectivity index (χ3v) is 6.13. The summed E-state index contributed by atoms with van der Waals surface area (Å²) in [5.74, 6) is -0.0232. The van der Waals surface area contributed by atoms with E-state index in [4.69, 9.17) is 9.47 Å². The number of aliphatic hydroxyl groups excluding tert-OH is 1. The number of nitriles is 1. The van der Waals surface area contributed by atoms with Crippen molar-refractivity contribution in [1.29, 1.82) is 5.26 Å². The van der Waals surface area contributed by atoms with E-state index in [1.165, 1.54) is 0 Å². The van der Waals surface area contributed by atoms with Gasteiger partial charge in [0, 0.05) is 10.9 Å². The van der Waals surface area contributed by atoms with E-state index in [0.717, 1.165) is 23.9 Å². The first kappa shape index (κ1) is 26.5. The third kappa shape index (κ3) is 7.18. The molecule has 3 rings (SSSR count). The fraction of sp³-hybridized carbons (Fsp3) is 0.560. The van der Waals surface area contributed by atoms with Crippen LogP contribution in [0.3, 0.4) is 0 Å². The zero-order valence-corrected chi connectivity index (χ0v) is 20.5. The molecule has 1 unspecified atom stereocenters. The summed E-state index contributed by atoms with van der Waals surface area (Å²) in [6, 6.07) is 7.38. The first-order valence-electron chi connectivity index (χ1n) is 12.0. The molecular formula is C25H35N5O5. The van der Waals surface area contributed by atoms with Gasteiger partial charge in [-0.1, -0.05) is 19.9 Å². The molecule has 0 aliphatic carbocycles. The Kier molecular flexibility index (Phi) is 9.48. The van der Waals surface area contributed by atoms with Gasteiger partial charge in [-0.2, -0.15) is 5.26 Å². The monoisotopic (exact) mass is 485 g/mol. The van der Waals surface area contributed by atoms with Crippen LogP contribution in [0.2, 0.25) is 0 Å². The third-order valence-electron chi connectivity index (χ3n) is 6.13. The van der Waals surface area contributed by atoms with Crippen molar-refractivity contribution in [1.82, 2.24) is 20.9 Å². The molecule has 10 heteroatoms. The number of methoxy groups -OCH3 is 1. The molecule has 1 aliphatic rings. The van der Waals surface area contributed by atoms with Crippen LogP contribution in [0.5, 0.6) is 5.75 Å². The van der Waals surface area contributed by atoms with Crippen molar-refractivity contribution in [2.24, 2.45) is 11.8 Å². The molecule has 0 spiro atoms. The Morgan fingerprint density at radius 1 is 1.34 bits per heavy atom. The highest BCUT2D eigenvalue weighted by Gasteiger charge is 2.30.